The van der Waals surface area contributed by atoms with E-state index in [1.807, 2.05) is 41.8 Å². The number of fused-ring (bicyclic) bond motifs is 1. The maximum absolute atomic E-state index is 12.1. The highest BCUT2D eigenvalue weighted by molar-refractivity contribution is 6.30. The molecule has 2 aromatic heterocycles. The Hall–Kier alpha value is -2.33. The Bertz CT molecular complexity index is 855. The van der Waals surface area contributed by atoms with E-state index >= 15 is 0 Å². The minimum Gasteiger partial charge on any atom is -0.462 e. The van der Waals surface area contributed by atoms with Crippen molar-refractivity contribution in [2.45, 2.75) is 13.8 Å². The maximum atomic E-state index is 12.1. The molecule has 0 amide bonds. The van der Waals surface area contributed by atoms with Crippen LogP contribution in [-0.4, -0.2) is 22.0 Å². The van der Waals surface area contributed by atoms with Gasteiger partial charge in [0.15, 0.2) is 0 Å². The highest BCUT2D eigenvalue weighted by Gasteiger charge is 2.14. The van der Waals surface area contributed by atoms with Crippen LogP contribution < -0.4 is 0 Å². The van der Waals surface area contributed by atoms with E-state index in [1.165, 1.54) is 0 Å². The summed E-state index contributed by atoms with van der Waals surface area (Å²) >= 11 is 6.08. The van der Waals surface area contributed by atoms with Crippen LogP contribution in [0.25, 0.3) is 16.8 Å². The molecule has 0 spiro atoms. The molecule has 22 heavy (non-hydrogen) atoms. The fraction of sp³-hybridized carbons (Fsp3) is 0.176. The lowest BCUT2D eigenvalue weighted by Gasteiger charge is -2.08. The fourth-order valence-corrected chi connectivity index (χ4v) is 2.61. The number of hydrogen-bond donors (Lipinski definition) is 0. The molecule has 0 aliphatic carbocycles. The number of carbonyl (C=O) groups is 1. The Kier molecular flexibility index (Phi) is 3.86. The normalized spacial score (nSPS) is 10.9. The molecule has 3 aromatic rings. The third kappa shape index (κ3) is 2.70. The first kappa shape index (κ1) is 14.6. The van der Waals surface area contributed by atoms with E-state index in [0.717, 1.165) is 22.5 Å². The molecule has 5 heteroatoms. The van der Waals surface area contributed by atoms with Crippen molar-refractivity contribution in [2.75, 3.05) is 6.61 Å². The molecule has 3 rings (SSSR count). The molecule has 2 heterocycles. The van der Waals surface area contributed by atoms with Gasteiger partial charge in [-0.2, -0.15) is 0 Å². The van der Waals surface area contributed by atoms with Crippen molar-refractivity contribution in [1.82, 2.24) is 9.38 Å². The van der Waals surface area contributed by atoms with Gasteiger partial charge in [0.1, 0.15) is 5.65 Å². The largest absolute Gasteiger partial charge is 0.462 e. The number of imidazole rings is 1. The number of pyridine rings is 1. The second-order valence-electron chi connectivity index (χ2n) is 4.99. The van der Waals surface area contributed by atoms with Gasteiger partial charge in [-0.25, -0.2) is 9.78 Å². The zero-order chi connectivity index (χ0) is 15.7. The summed E-state index contributed by atoms with van der Waals surface area (Å²) in [5.74, 6) is -0.348. The molecular formula is C17H15ClN2O2. The van der Waals surface area contributed by atoms with Gasteiger partial charge < -0.3 is 9.14 Å². The number of halogens is 1. The predicted molar refractivity (Wildman–Crippen MR) is 86.3 cm³/mol. The molecule has 0 saturated carbocycles. The number of esters is 1. The predicted octanol–water partition coefficient (Wildman–Crippen LogP) is 4.14. The fourth-order valence-electron chi connectivity index (χ4n) is 2.42. The molecule has 1 aromatic carbocycles. The average molecular weight is 315 g/mol. The summed E-state index contributed by atoms with van der Waals surface area (Å²) in [5, 5.41) is 0.639. The Labute approximate surface area is 133 Å². The van der Waals surface area contributed by atoms with E-state index in [1.54, 1.807) is 19.2 Å². The Morgan fingerprint density at radius 3 is 2.86 bits per heavy atom. The third-order valence-corrected chi connectivity index (χ3v) is 3.55. The van der Waals surface area contributed by atoms with Gasteiger partial charge in [-0.1, -0.05) is 23.7 Å². The molecule has 0 aliphatic rings. The van der Waals surface area contributed by atoms with Gasteiger partial charge >= 0.3 is 5.97 Å². The number of aryl methyl sites for hydroxylation is 1. The van der Waals surface area contributed by atoms with Crippen molar-refractivity contribution < 1.29 is 9.53 Å². The first-order valence-electron chi connectivity index (χ1n) is 7.01. The van der Waals surface area contributed by atoms with Gasteiger partial charge in [0.2, 0.25) is 0 Å². The SMILES string of the molecule is CCOC(=O)c1cc(-c2cccc(Cl)c2)c2nc(C)cn2c1. The number of nitrogens with zero attached hydrogens (tertiary/aromatic N) is 2. The number of hydrogen-bond acceptors (Lipinski definition) is 3. The lowest BCUT2D eigenvalue weighted by Crippen LogP contribution is -2.06. The zero-order valence-corrected chi connectivity index (χ0v) is 13.1. The standard InChI is InChI=1S/C17H15ClN2O2/c1-3-22-17(21)13-8-15(12-5-4-6-14(18)7-12)16-19-11(2)9-20(16)10-13/h4-10H,3H2,1-2H3. The quantitative estimate of drug-likeness (QED) is 0.682. The van der Waals surface area contributed by atoms with Gasteiger partial charge in [-0.3, -0.25) is 0 Å². The Balaban J connectivity index is 2.24. The minimum atomic E-state index is -0.348. The van der Waals surface area contributed by atoms with Crippen molar-refractivity contribution in [1.29, 1.82) is 0 Å². The first-order chi connectivity index (χ1) is 10.6. The number of benzene rings is 1. The molecule has 0 radical (unpaired) electrons. The van der Waals surface area contributed by atoms with Gasteiger partial charge in [0.05, 0.1) is 17.9 Å². The average Bonchev–Trinajstić information content (AvgIpc) is 2.86. The molecule has 112 valence electrons. The van der Waals surface area contributed by atoms with Gasteiger partial charge in [-0.15, -0.1) is 0 Å². The van der Waals surface area contributed by atoms with Crippen LogP contribution in [-0.2, 0) is 4.74 Å². The maximum Gasteiger partial charge on any atom is 0.339 e. The highest BCUT2D eigenvalue weighted by Crippen LogP contribution is 2.28. The zero-order valence-electron chi connectivity index (χ0n) is 12.3. The van der Waals surface area contributed by atoms with Crippen LogP contribution in [0.2, 0.25) is 5.02 Å². The number of aromatic nitrogens is 2. The smallest absolute Gasteiger partial charge is 0.339 e. The molecule has 0 bridgehead atoms. The second kappa shape index (κ2) is 5.81. The summed E-state index contributed by atoms with van der Waals surface area (Å²) in [4.78, 5) is 16.6. The summed E-state index contributed by atoms with van der Waals surface area (Å²) in [6.45, 7) is 4.04. The molecule has 0 saturated heterocycles. The summed E-state index contributed by atoms with van der Waals surface area (Å²) in [6, 6.07) is 9.29. The molecule has 0 N–H and O–H groups in total. The molecule has 0 atom stereocenters. The Morgan fingerprint density at radius 2 is 2.14 bits per heavy atom. The minimum absolute atomic E-state index is 0.340. The van der Waals surface area contributed by atoms with E-state index in [0.29, 0.717) is 17.2 Å². The topological polar surface area (TPSA) is 43.6 Å². The summed E-state index contributed by atoms with van der Waals surface area (Å²) in [7, 11) is 0. The monoisotopic (exact) mass is 314 g/mol. The van der Waals surface area contributed by atoms with Gasteiger partial charge in [0, 0.05) is 23.0 Å². The number of carbonyl (C=O) groups excluding carboxylic acids is 1. The van der Waals surface area contributed by atoms with Crippen LogP contribution in [0.15, 0.2) is 42.7 Å². The van der Waals surface area contributed by atoms with Crippen LogP contribution in [0.5, 0.6) is 0 Å². The lowest BCUT2D eigenvalue weighted by atomic mass is 10.1. The van der Waals surface area contributed by atoms with Gasteiger partial charge in [-0.05, 0) is 37.6 Å². The van der Waals surface area contributed by atoms with Crippen molar-refractivity contribution in [3.05, 3.63) is 59.0 Å². The van der Waals surface area contributed by atoms with E-state index in [4.69, 9.17) is 16.3 Å². The van der Waals surface area contributed by atoms with Gasteiger partial charge in [0.25, 0.3) is 0 Å². The number of rotatable bonds is 3. The van der Waals surface area contributed by atoms with Crippen LogP contribution in [0.4, 0.5) is 0 Å². The molecule has 0 unspecified atom stereocenters. The van der Waals surface area contributed by atoms with Crippen molar-refractivity contribution in [3.63, 3.8) is 0 Å². The van der Waals surface area contributed by atoms with Crippen LogP contribution in [0, 0.1) is 6.92 Å². The summed E-state index contributed by atoms with van der Waals surface area (Å²) in [6.07, 6.45) is 3.62. The van der Waals surface area contributed by atoms with E-state index in [9.17, 15) is 4.79 Å². The summed E-state index contributed by atoms with van der Waals surface area (Å²) < 4.78 is 6.94. The molecular weight excluding hydrogens is 300 g/mol. The van der Waals surface area contributed by atoms with Crippen molar-refractivity contribution in [2.24, 2.45) is 0 Å². The van der Waals surface area contributed by atoms with Crippen molar-refractivity contribution >= 4 is 23.2 Å². The van der Waals surface area contributed by atoms with E-state index in [-0.39, 0.29) is 5.97 Å². The number of ether oxygens (including phenoxy) is 1. The molecule has 0 aliphatic heterocycles. The summed E-state index contributed by atoms with van der Waals surface area (Å²) in [5.41, 5.74) is 3.91. The third-order valence-electron chi connectivity index (χ3n) is 3.32. The second-order valence-corrected chi connectivity index (χ2v) is 5.42. The first-order valence-corrected chi connectivity index (χ1v) is 7.38. The molecule has 4 nitrogen and oxygen atoms in total. The van der Waals surface area contributed by atoms with Crippen LogP contribution in [0.3, 0.4) is 0 Å². The van der Waals surface area contributed by atoms with Crippen LogP contribution in [0.1, 0.15) is 23.0 Å². The van der Waals surface area contributed by atoms with Crippen molar-refractivity contribution in [3.8, 4) is 11.1 Å². The Morgan fingerprint density at radius 1 is 1.32 bits per heavy atom. The van der Waals surface area contributed by atoms with E-state index in [2.05, 4.69) is 4.98 Å². The molecule has 0 fully saturated rings. The highest BCUT2D eigenvalue weighted by atomic mass is 35.5. The van der Waals surface area contributed by atoms with E-state index < -0.39 is 0 Å². The lowest BCUT2D eigenvalue weighted by molar-refractivity contribution is 0.0526. The van der Waals surface area contributed by atoms with Crippen LogP contribution >= 0.6 is 11.6 Å².